The molecule has 120 valence electrons. The number of nitrogens with one attached hydrogen (secondary N) is 1. The molecule has 0 aromatic heterocycles. The van der Waals surface area contributed by atoms with E-state index in [-0.39, 0.29) is 24.7 Å². The van der Waals surface area contributed by atoms with Crippen molar-refractivity contribution in [2.45, 2.75) is 37.8 Å². The fourth-order valence-corrected chi connectivity index (χ4v) is 3.62. The van der Waals surface area contributed by atoms with E-state index in [4.69, 9.17) is 10.8 Å². The Kier molecular flexibility index (Phi) is 4.64. The van der Waals surface area contributed by atoms with Crippen LogP contribution in [-0.4, -0.2) is 41.8 Å². The Morgan fingerprint density at radius 3 is 2.73 bits per heavy atom. The summed E-state index contributed by atoms with van der Waals surface area (Å²) >= 11 is 0. The molecule has 3 rings (SSSR count). The number of amides is 2. The molecular weight excluding hydrogens is 278 g/mol. The standard InChI is InChI=1S/C17H25N3O2/c18-16-14-4-2-1-3-13(14)11-15(16)19-17(22)20-8-5-12(6-9-20)7-10-21/h1-4,12,15-16,21H,5-11,18H2,(H,19,22)/t15-,16-/m1/s1. The van der Waals surface area contributed by atoms with Crippen LogP contribution in [0.25, 0.3) is 0 Å². The quantitative estimate of drug-likeness (QED) is 0.790. The number of hydrogen-bond acceptors (Lipinski definition) is 3. The van der Waals surface area contributed by atoms with Crippen molar-refractivity contribution in [2.24, 2.45) is 11.7 Å². The molecule has 0 bridgehead atoms. The second-order valence-electron chi connectivity index (χ2n) is 6.43. The van der Waals surface area contributed by atoms with Gasteiger partial charge in [0.1, 0.15) is 0 Å². The van der Waals surface area contributed by atoms with Gasteiger partial charge >= 0.3 is 6.03 Å². The van der Waals surface area contributed by atoms with Gasteiger partial charge in [-0.2, -0.15) is 0 Å². The molecule has 1 aliphatic carbocycles. The van der Waals surface area contributed by atoms with E-state index < -0.39 is 0 Å². The summed E-state index contributed by atoms with van der Waals surface area (Å²) in [7, 11) is 0. The first kappa shape index (κ1) is 15.3. The topological polar surface area (TPSA) is 78.6 Å². The number of carbonyl (C=O) groups is 1. The molecule has 5 heteroatoms. The highest BCUT2D eigenvalue weighted by atomic mass is 16.3. The van der Waals surface area contributed by atoms with Crippen LogP contribution in [0.4, 0.5) is 4.79 Å². The van der Waals surface area contributed by atoms with Gasteiger partial charge in [0, 0.05) is 19.7 Å². The molecule has 2 atom stereocenters. The van der Waals surface area contributed by atoms with Gasteiger partial charge in [-0.25, -0.2) is 4.79 Å². The molecule has 4 N–H and O–H groups in total. The molecule has 22 heavy (non-hydrogen) atoms. The zero-order chi connectivity index (χ0) is 15.5. The number of nitrogens with zero attached hydrogens (tertiary/aromatic N) is 1. The van der Waals surface area contributed by atoms with Crippen LogP contribution in [0.5, 0.6) is 0 Å². The molecule has 0 unspecified atom stereocenters. The number of fused-ring (bicyclic) bond motifs is 1. The Balaban J connectivity index is 1.53. The first-order valence-electron chi connectivity index (χ1n) is 8.18. The van der Waals surface area contributed by atoms with E-state index in [1.165, 1.54) is 5.56 Å². The van der Waals surface area contributed by atoms with E-state index in [1.807, 2.05) is 23.1 Å². The van der Waals surface area contributed by atoms with Crippen molar-refractivity contribution in [2.75, 3.05) is 19.7 Å². The summed E-state index contributed by atoms with van der Waals surface area (Å²) in [6.07, 6.45) is 3.61. The highest BCUT2D eigenvalue weighted by molar-refractivity contribution is 5.75. The Bertz CT molecular complexity index is 526. The maximum atomic E-state index is 12.4. The van der Waals surface area contributed by atoms with E-state index >= 15 is 0 Å². The monoisotopic (exact) mass is 303 g/mol. The Labute approximate surface area is 131 Å². The lowest BCUT2D eigenvalue weighted by atomic mass is 9.94. The van der Waals surface area contributed by atoms with Crippen molar-refractivity contribution in [3.63, 3.8) is 0 Å². The Morgan fingerprint density at radius 2 is 2.05 bits per heavy atom. The van der Waals surface area contributed by atoms with E-state index in [0.29, 0.717) is 5.92 Å². The number of carbonyl (C=O) groups excluding carboxylic acids is 1. The fourth-order valence-electron chi connectivity index (χ4n) is 3.62. The molecule has 1 aliphatic heterocycles. The zero-order valence-electron chi connectivity index (χ0n) is 12.9. The number of aliphatic hydroxyl groups is 1. The molecule has 5 nitrogen and oxygen atoms in total. The molecule has 1 aromatic rings. The van der Waals surface area contributed by atoms with Gasteiger partial charge in [-0.1, -0.05) is 24.3 Å². The van der Waals surface area contributed by atoms with Crippen molar-refractivity contribution < 1.29 is 9.90 Å². The minimum absolute atomic E-state index is 0.00398. The molecule has 1 fully saturated rings. The SMILES string of the molecule is N[C@@H]1c2ccccc2C[C@H]1NC(=O)N1CCC(CCO)CC1. The molecule has 2 amide bonds. The predicted molar refractivity (Wildman–Crippen MR) is 85.4 cm³/mol. The number of nitrogens with two attached hydrogens (primary N) is 1. The first-order chi connectivity index (χ1) is 10.7. The van der Waals surface area contributed by atoms with Crippen LogP contribution in [0.3, 0.4) is 0 Å². The number of rotatable bonds is 3. The van der Waals surface area contributed by atoms with Crippen LogP contribution in [-0.2, 0) is 6.42 Å². The van der Waals surface area contributed by atoms with Crippen LogP contribution < -0.4 is 11.1 Å². The average molecular weight is 303 g/mol. The summed E-state index contributed by atoms with van der Waals surface area (Å²) in [5.74, 6) is 0.548. The number of benzene rings is 1. The van der Waals surface area contributed by atoms with Gasteiger partial charge in [-0.05, 0) is 42.7 Å². The van der Waals surface area contributed by atoms with E-state index in [0.717, 1.165) is 44.3 Å². The smallest absolute Gasteiger partial charge is 0.317 e. The third-order valence-corrected chi connectivity index (χ3v) is 5.04. The third kappa shape index (κ3) is 3.10. The molecule has 1 aromatic carbocycles. The van der Waals surface area contributed by atoms with Crippen molar-refractivity contribution in [1.29, 1.82) is 0 Å². The van der Waals surface area contributed by atoms with Crippen LogP contribution in [0, 0.1) is 5.92 Å². The van der Waals surface area contributed by atoms with E-state index in [1.54, 1.807) is 0 Å². The molecule has 2 aliphatic rings. The second kappa shape index (κ2) is 6.67. The minimum atomic E-state index is -0.118. The number of likely N-dealkylation sites (tertiary alicyclic amines) is 1. The van der Waals surface area contributed by atoms with Crippen molar-refractivity contribution in [3.05, 3.63) is 35.4 Å². The van der Waals surface area contributed by atoms with E-state index in [9.17, 15) is 4.79 Å². The number of hydrogen-bond donors (Lipinski definition) is 3. The summed E-state index contributed by atoms with van der Waals surface area (Å²) in [4.78, 5) is 14.3. The average Bonchev–Trinajstić information content (AvgIpc) is 2.85. The first-order valence-corrected chi connectivity index (χ1v) is 8.18. The summed E-state index contributed by atoms with van der Waals surface area (Å²) in [6, 6.07) is 8.01. The second-order valence-corrected chi connectivity index (χ2v) is 6.43. The van der Waals surface area contributed by atoms with Crippen LogP contribution in [0.2, 0.25) is 0 Å². The highest BCUT2D eigenvalue weighted by Crippen LogP contribution is 2.29. The predicted octanol–water partition coefficient (Wildman–Crippen LogP) is 1.42. The maximum Gasteiger partial charge on any atom is 0.317 e. The van der Waals surface area contributed by atoms with Gasteiger partial charge in [0.15, 0.2) is 0 Å². The van der Waals surface area contributed by atoms with Crippen molar-refractivity contribution >= 4 is 6.03 Å². The van der Waals surface area contributed by atoms with Crippen LogP contribution >= 0.6 is 0 Å². The lowest BCUT2D eigenvalue weighted by Gasteiger charge is -2.33. The largest absolute Gasteiger partial charge is 0.396 e. The summed E-state index contributed by atoms with van der Waals surface area (Å²) in [6.45, 7) is 1.78. The molecular formula is C17H25N3O2. The molecule has 0 saturated carbocycles. The maximum absolute atomic E-state index is 12.4. The van der Waals surface area contributed by atoms with Crippen LogP contribution in [0.15, 0.2) is 24.3 Å². The van der Waals surface area contributed by atoms with Crippen LogP contribution in [0.1, 0.15) is 36.4 Å². The third-order valence-electron chi connectivity index (χ3n) is 5.04. The van der Waals surface area contributed by atoms with Gasteiger partial charge in [0.25, 0.3) is 0 Å². The molecule has 0 radical (unpaired) electrons. The normalized spacial score (nSPS) is 25.1. The van der Waals surface area contributed by atoms with Gasteiger partial charge in [0.2, 0.25) is 0 Å². The lowest BCUT2D eigenvalue weighted by Crippen LogP contribution is -2.50. The molecule has 1 heterocycles. The van der Waals surface area contributed by atoms with Gasteiger partial charge < -0.3 is 21.1 Å². The summed E-state index contributed by atoms with van der Waals surface area (Å²) in [5, 5.41) is 12.1. The Hall–Kier alpha value is -1.59. The number of urea groups is 1. The summed E-state index contributed by atoms with van der Waals surface area (Å²) < 4.78 is 0. The molecule has 1 saturated heterocycles. The number of piperidine rings is 1. The lowest BCUT2D eigenvalue weighted by molar-refractivity contribution is 0.154. The highest BCUT2D eigenvalue weighted by Gasteiger charge is 2.32. The van der Waals surface area contributed by atoms with Gasteiger partial charge in [0.05, 0.1) is 12.1 Å². The minimum Gasteiger partial charge on any atom is -0.396 e. The van der Waals surface area contributed by atoms with Gasteiger partial charge in [-0.15, -0.1) is 0 Å². The van der Waals surface area contributed by atoms with Crippen molar-refractivity contribution in [1.82, 2.24) is 10.2 Å². The van der Waals surface area contributed by atoms with Crippen molar-refractivity contribution in [3.8, 4) is 0 Å². The zero-order valence-corrected chi connectivity index (χ0v) is 12.9. The summed E-state index contributed by atoms with van der Waals surface area (Å²) in [5.41, 5.74) is 8.65. The number of aliphatic hydroxyl groups excluding tert-OH is 1. The van der Waals surface area contributed by atoms with E-state index in [2.05, 4.69) is 11.4 Å². The van der Waals surface area contributed by atoms with Gasteiger partial charge in [-0.3, -0.25) is 0 Å². The molecule has 0 spiro atoms. The fraction of sp³-hybridized carbons (Fsp3) is 0.588. The Morgan fingerprint density at radius 1 is 1.32 bits per heavy atom.